The molecule has 2 N–H and O–H groups in total. The smallest absolute Gasteiger partial charge is 0.407 e. The van der Waals surface area contributed by atoms with Gasteiger partial charge in [-0.05, 0) is 153 Å². The first-order chi connectivity index (χ1) is 37.5. The molecule has 0 spiro atoms. The number of aryl methyl sites for hydroxylation is 2. The molecule has 0 aromatic heterocycles. The maximum atomic E-state index is 13.9. The first kappa shape index (κ1) is 61.4. The number of carbonyl (C=O) groups is 8. The van der Waals surface area contributed by atoms with Crippen LogP contribution in [0.2, 0.25) is 0 Å². The quantitative estimate of drug-likeness (QED) is 0.0371. The first-order valence-corrected chi connectivity index (χ1v) is 29.5. The maximum absolute atomic E-state index is 13.9. The molecule has 4 aliphatic rings. The molecular formula is C62H90N4O12. The van der Waals surface area contributed by atoms with E-state index in [9.17, 15) is 38.4 Å². The van der Waals surface area contributed by atoms with E-state index in [1.54, 1.807) is 27.7 Å². The van der Waals surface area contributed by atoms with Crippen LogP contribution in [0.15, 0.2) is 60.7 Å². The van der Waals surface area contributed by atoms with Crippen molar-refractivity contribution < 1.29 is 57.3 Å². The molecule has 2 saturated carbocycles. The third-order valence-electron chi connectivity index (χ3n) is 16.5. The first-order valence-electron chi connectivity index (χ1n) is 29.5. The second-order valence-corrected chi connectivity index (χ2v) is 23.7. The molecule has 2 aromatic carbocycles. The Morgan fingerprint density at radius 3 is 1.22 bits per heavy atom. The number of likely N-dealkylation sites (tertiary alicyclic amines) is 2. The average Bonchev–Trinajstić information content (AvgIpc) is 3.48. The maximum Gasteiger partial charge on any atom is 0.407 e. The van der Waals surface area contributed by atoms with E-state index in [0.29, 0.717) is 64.5 Å². The van der Waals surface area contributed by atoms with Crippen molar-refractivity contribution >= 4 is 47.5 Å². The monoisotopic (exact) mass is 1080 g/mol. The van der Waals surface area contributed by atoms with Gasteiger partial charge in [-0.3, -0.25) is 19.2 Å². The van der Waals surface area contributed by atoms with Gasteiger partial charge < -0.3 is 39.4 Å². The molecule has 2 saturated heterocycles. The molecule has 16 heteroatoms. The molecule has 2 aliphatic heterocycles. The number of hydrogen-bond donors (Lipinski definition) is 2. The summed E-state index contributed by atoms with van der Waals surface area (Å²) < 4.78 is 23.4. The Morgan fingerprint density at radius 1 is 0.487 bits per heavy atom. The standard InChI is InChI=1S/C62H90N4O12/c1-61(2,53(67)55(69)65-41-23-19-33-49(65)57(71)77-51(47-29-15-9-16-30-47)37-35-45-25-11-7-12-26-45)43-75-59(73)63-39-21-5-6-22-40-64-60(74)76-44-62(3,4)54(68)56(70)66-42-24-20-34-50(66)58(72)78-52(48-31-17-10-18-32-48)38-36-46-27-13-8-14-28-46/h7-8,11-14,25-28,47-52H,5-6,9-10,15-24,29-44H2,1-4H3,(H,63,73)(H,64,74). The van der Waals surface area contributed by atoms with Gasteiger partial charge in [0.25, 0.3) is 11.8 Å². The van der Waals surface area contributed by atoms with E-state index < -0.39 is 70.4 Å². The summed E-state index contributed by atoms with van der Waals surface area (Å²) in [7, 11) is 0. The molecular weight excluding hydrogens is 993 g/mol. The minimum atomic E-state index is -1.34. The Hall–Kier alpha value is -5.80. The van der Waals surface area contributed by atoms with Crippen molar-refractivity contribution in [2.75, 3.05) is 39.4 Å². The lowest BCUT2D eigenvalue weighted by molar-refractivity contribution is -0.167. The van der Waals surface area contributed by atoms with Crippen LogP contribution < -0.4 is 10.6 Å². The zero-order valence-electron chi connectivity index (χ0n) is 47.2. The molecule has 6 rings (SSSR count). The van der Waals surface area contributed by atoms with Crippen molar-refractivity contribution in [1.29, 1.82) is 0 Å². The highest BCUT2D eigenvalue weighted by Gasteiger charge is 2.45. The fourth-order valence-corrected chi connectivity index (χ4v) is 11.5. The third-order valence-corrected chi connectivity index (χ3v) is 16.5. The number of Topliss-reactive ketones (excluding diaryl/α,β-unsaturated/α-hetero) is 2. The summed E-state index contributed by atoms with van der Waals surface area (Å²) in [6.45, 7) is 6.71. The fourth-order valence-electron chi connectivity index (χ4n) is 11.5. The van der Waals surface area contributed by atoms with E-state index in [0.717, 1.165) is 89.9 Å². The molecule has 4 amide bonds. The molecule has 2 aromatic rings. The van der Waals surface area contributed by atoms with Crippen LogP contribution in [0.4, 0.5) is 9.59 Å². The second kappa shape index (κ2) is 31.1. The van der Waals surface area contributed by atoms with Gasteiger partial charge >= 0.3 is 24.1 Å². The summed E-state index contributed by atoms with van der Waals surface area (Å²) in [5.74, 6) is -3.39. The number of benzene rings is 2. The number of ether oxygens (including phenoxy) is 4. The van der Waals surface area contributed by atoms with Crippen molar-refractivity contribution in [2.24, 2.45) is 22.7 Å². The van der Waals surface area contributed by atoms with Crippen molar-refractivity contribution in [2.45, 2.75) is 206 Å². The molecule has 2 heterocycles. The van der Waals surface area contributed by atoms with E-state index in [2.05, 4.69) is 34.9 Å². The number of alkyl carbamates (subject to hydrolysis) is 2. The number of esters is 2. The number of rotatable bonds is 27. The van der Waals surface area contributed by atoms with Gasteiger partial charge in [-0.25, -0.2) is 19.2 Å². The Kier molecular flexibility index (Phi) is 24.5. The van der Waals surface area contributed by atoms with Gasteiger partial charge in [-0.15, -0.1) is 0 Å². The van der Waals surface area contributed by atoms with Crippen molar-refractivity contribution in [3.63, 3.8) is 0 Å². The van der Waals surface area contributed by atoms with Crippen LogP contribution in [0.5, 0.6) is 0 Å². The summed E-state index contributed by atoms with van der Waals surface area (Å²) in [6.07, 6.45) is 18.1. The van der Waals surface area contributed by atoms with Crippen LogP contribution in [-0.2, 0) is 60.6 Å². The molecule has 430 valence electrons. The average molecular weight is 1080 g/mol. The van der Waals surface area contributed by atoms with Gasteiger partial charge in [-0.2, -0.15) is 0 Å². The van der Waals surface area contributed by atoms with Crippen LogP contribution in [0, 0.1) is 22.7 Å². The number of carbonyl (C=O) groups excluding carboxylic acids is 8. The highest BCUT2D eigenvalue weighted by Crippen LogP contribution is 2.34. The molecule has 16 nitrogen and oxygen atoms in total. The second-order valence-electron chi connectivity index (χ2n) is 23.7. The van der Waals surface area contributed by atoms with Gasteiger partial charge in [0, 0.05) is 26.2 Å². The zero-order chi connectivity index (χ0) is 55.9. The molecule has 2 aliphatic carbocycles. The third kappa shape index (κ3) is 18.9. The van der Waals surface area contributed by atoms with E-state index >= 15 is 0 Å². The number of nitrogens with one attached hydrogen (secondary N) is 2. The molecule has 4 unspecified atom stereocenters. The van der Waals surface area contributed by atoms with Crippen LogP contribution in [0.25, 0.3) is 0 Å². The number of unbranched alkanes of at least 4 members (excludes halogenated alkanes) is 3. The molecule has 0 bridgehead atoms. The van der Waals surface area contributed by atoms with Crippen LogP contribution >= 0.6 is 0 Å². The van der Waals surface area contributed by atoms with Crippen LogP contribution in [0.3, 0.4) is 0 Å². The SMILES string of the molecule is CC(C)(COC(=O)NCCCCCCNC(=O)OCC(C)(C)C(=O)C(=O)N1CCCCC1C(=O)OC(CCc1ccccc1)C1CCCCC1)C(=O)C(=O)N1CCCCC1C(=O)OC(CCc1ccccc1)C1CCCCC1. The minimum absolute atomic E-state index is 0.262. The summed E-state index contributed by atoms with van der Waals surface area (Å²) >= 11 is 0. The normalized spacial score (nSPS) is 19.4. The van der Waals surface area contributed by atoms with Gasteiger partial charge in [0.2, 0.25) is 11.6 Å². The summed E-state index contributed by atoms with van der Waals surface area (Å²) in [4.78, 5) is 111. The highest BCUT2D eigenvalue weighted by atomic mass is 16.6. The molecule has 4 atom stereocenters. The molecule has 78 heavy (non-hydrogen) atoms. The number of nitrogens with zero attached hydrogens (tertiary/aromatic N) is 2. The number of ketones is 2. The van der Waals surface area contributed by atoms with Crippen LogP contribution in [0.1, 0.15) is 180 Å². The summed E-state index contributed by atoms with van der Waals surface area (Å²) in [6, 6.07) is 18.6. The van der Waals surface area contributed by atoms with Crippen molar-refractivity contribution in [3.8, 4) is 0 Å². The summed E-state index contributed by atoms with van der Waals surface area (Å²) in [5, 5.41) is 5.39. The summed E-state index contributed by atoms with van der Waals surface area (Å²) in [5.41, 5.74) is -0.321. The lowest BCUT2D eigenvalue weighted by atomic mass is 9.83. The zero-order valence-corrected chi connectivity index (χ0v) is 47.2. The Bertz CT molecular complexity index is 2100. The Morgan fingerprint density at radius 2 is 0.846 bits per heavy atom. The van der Waals surface area contributed by atoms with Crippen LogP contribution in [-0.4, -0.2) is 121 Å². The van der Waals surface area contributed by atoms with Crippen molar-refractivity contribution in [3.05, 3.63) is 71.8 Å². The molecule has 0 radical (unpaired) electrons. The largest absolute Gasteiger partial charge is 0.461 e. The minimum Gasteiger partial charge on any atom is -0.461 e. The van der Waals surface area contributed by atoms with E-state index in [-0.39, 0.29) is 50.3 Å². The lowest BCUT2D eigenvalue weighted by Crippen LogP contribution is -2.54. The number of hydrogen-bond acceptors (Lipinski definition) is 12. The predicted octanol–water partition coefficient (Wildman–Crippen LogP) is 10.2. The predicted molar refractivity (Wildman–Crippen MR) is 296 cm³/mol. The molecule has 4 fully saturated rings. The van der Waals surface area contributed by atoms with Gasteiger partial charge in [-0.1, -0.05) is 112 Å². The lowest BCUT2D eigenvalue weighted by Gasteiger charge is -2.37. The van der Waals surface area contributed by atoms with Gasteiger partial charge in [0.05, 0.1) is 10.8 Å². The number of piperidine rings is 2. The van der Waals surface area contributed by atoms with E-state index in [1.807, 2.05) is 36.4 Å². The topological polar surface area (TPSA) is 204 Å². The van der Waals surface area contributed by atoms with Gasteiger partial charge in [0.15, 0.2) is 0 Å². The fraction of sp³-hybridized carbons (Fsp3) is 0.677. The van der Waals surface area contributed by atoms with E-state index in [1.165, 1.54) is 33.8 Å². The Labute approximate surface area is 463 Å². The Balaban J connectivity index is 0.849. The number of amides is 4. The van der Waals surface area contributed by atoms with Gasteiger partial charge in [0.1, 0.15) is 37.5 Å². The van der Waals surface area contributed by atoms with Crippen molar-refractivity contribution in [1.82, 2.24) is 20.4 Å². The highest BCUT2D eigenvalue weighted by molar-refractivity contribution is 6.38. The van der Waals surface area contributed by atoms with E-state index in [4.69, 9.17) is 18.9 Å².